The quantitative estimate of drug-likeness (QED) is 0.451. The van der Waals surface area contributed by atoms with Crippen molar-refractivity contribution in [2.24, 2.45) is 4.99 Å². The molecule has 0 saturated heterocycles. The first-order valence-electron chi connectivity index (χ1n) is 3.99. The summed E-state index contributed by atoms with van der Waals surface area (Å²) in [5, 5.41) is 0.110. The van der Waals surface area contributed by atoms with Crippen molar-refractivity contribution in [1.29, 1.82) is 0 Å². The van der Waals surface area contributed by atoms with E-state index < -0.39 is 5.82 Å². The zero-order chi connectivity index (χ0) is 11.3. The van der Waals surface area contributed by atoms with Crippen LogP contribution < -0.4 is 4.74 Å². The SMILES string of the molecule is C=CCOc1cc(N=C=O)c(F)cc1Cl. The fourth-order valence-corrected chi connectivity index (χ4v) is 1.12. The average molecular weight is 228 g/mol. The molecule has 78 valence electrons. The molecule has 0 saturated carbocycles. The van der Waals surface area contributed by atoms with Gasteiger partial charge in [-0.15, -0.1) is 0 Å². The molecule has 0 aliphatic heterocycles. The highest BCUT2D eigenvalue weighted by Gasteiger charge is 2.08. The standard InChI is InChI=1S/C10H7ClFNO2/c1-2-3-15-10-5-9(13-6-14)8(12)4-7(10)11/h2,4-5H,1,3H2. The molecule has 5 heteroatoms. The van der Waals surface area contributed by atoms with Crippen LogP contribution in [0.1, 0.15) is 0 Å². The molecule has 0 aliphatic rings. The van der Waals surface area contributed by atoms with Crippen molar-refractivity contribution >= 4 is 23.4 Å². The number of hydrogen-bond acceptors (Lipinski definition) is 3. The van der Waals surface area contributed by atoms with Crippen LogP contribution in [0.3, 0.4) is 0 Å². The predicted octanol–water partition coefficient (Wildman–Crippen LogP) is 3.01. The van der Waals surface area contributed by atoms with Gasteiger partial charge in [0.25, 0.3) is 0 Å². The van der Waals surface area contributed by atoms with Crippen LogP contribution in [0.2, 0.25) is 5.02 Å². The van der Waals surface area contributed by atoms with Crippen LogP contribution in [0.25, 0.3) is 0 Å². The molecule has 0 heterocycles. The molecule has 0 aliphatic carbocycles. The van der Waals surface area contributed by atoms with Gasteiger partial charge < -0.3 is 4.74 Å². The zero-order valence-electron chi connectivity index (χ0n) is 7.67. The molecule has 0 unspecified atom stereocenters. The Morgan fingerprint density at radius 2 is 2.40 bits per heavy atom. The summed E-state index contributed by atoms with van der Waals surface area (Å²) < 4.78 is 18.2. The molecular formula is C10H7ClFNO2. The van der Waals surface area contributed by atoms with Gasteiger partial charge in [0.05, 0.1) is 5.02 Å². The zero-order valence-corrected chi connectivity index (χ0v) is 8.42. The molecule has 0 N–H and O–H groups in total. The Bertz CT molecular complexity index is 428. The van der Waals surface area contributed by atoms with Crippen LogP contribution in [0.5, 0.6) is 5.75 Å². The van der Waals surface area contributed by atoms with Gasteiger partial charge in [0.2, 0.25) is 6.08 Å². The Morgan fingerprint density at radius 3 is 3.00 bits per heavy atom. The summed E-state index contributed by atoms with van der Waals surface area (Å²) in [6, 6.07) is 2.25. The number of isocyanates is 1. The lowest BCUT2D eigenvalue weighted by atomic mass is 10.3. The summed E-state index contributed by atoms with van der Waals surface area (Å²) in [6.07, 6.45) is 2.76. The van der Waals surface area contributed by atoms with E-state index in [0.717, 1.165) is 6.07 Å². The number of hydrogen-bond donors (Lipinski definition) is 0. The Hall–Kier alpha value is -1.64. The smallest absolute Gasteiger partial charge is 0.240 e. The van der Waals surface area contributed by atoms with Crippen LogP contribution >= 0.6 is 11.6 Å². The molecule has 0 fully saturated rings. The van der Waals surface area contributed by atoms with Crippen LogP contribution in [-0.4, -0.2) is 12.7 Å². The molecule has 1 aromatic rings. The lowest BCUT2D eigenvalue weighted by Crippen LogP contribution is -1.94. The van der Waals surface area contributed by atoms with Gasteiger partial charge in [0.1, 0.15) is 18.0 Å². The molecule has 0 radical (unpaired) electrons. The summed E-state index contributed by atoms with van der Waals surface area (Å²) in [5.41, 5.74) is -0.159. The maximum absolute atomic E-state index is 13.1. The lowest BCUT2D eigenvalue weighted by Gasteiger charge is -2.06. The van der Waals surface area contributed by atoms with E-state index in [9.17, 15) is 9.18 Å². The molecule has 1 aromatic carbocycles. The summed E-state index contributed by atoms with van der Waals surface area (Å²) in [6.45, 7) is 3.69. The van der Waals surface area contributed by atoms with E-state index in [1.807, 2.05) is 0 Å². The van der Waals surface area contributed by atoms with Gasteiger partial charge in [-0.2, -0.15) is 4.99 Å². The van der Waals surface area contributed by atoms with E-state index in [1.165, 1.54) is 18.2 Å². The third-order valence-electron chi connectivity index (χ3n) is 1.52. The van der Waals surface area contributed by atoms with E-state index in [2.05, 4.69) is 11.6 Å². The van der Waals surface area contributed by atoms with Gasteiger partial charge in [0, 0.05) is 6.07 Å². The molecule has 0 atom stereocenters. The van der Waals surface area contributed by atoms with Crippen molar-refractivity contribution in [3.05, 3.63) is 35.6 Å². The fraction of sp³-hybridized carbons (Fsp3) is 0.100. The van der Waals surface area contributed by atoms with Crippen molar-refractivity contribution in [2.45, 2.75) is 0 Å². The third kappa shape index (κ3) is 2.91. The number of nitrogens with zero attached hydrogens (tertiary/aromatic N) is 1. The Kier molecular flexibility index (Phi) is 4.03. The number of ether oxygens (including phenoxy) is 1. The first-order valence-corrected chi connectivity index (χ1v) is 4.37. The van der Waals surface area contributed by atoms with E-state index in [4.69, 9.17) is 16.3 Å². The molecular weight excluding hydrogens is 221 g/mol. The second kappa shape index (κ2) is 5.29. The van der Waals surface area contributed by atoms with Crippen molar-refractivity contribution in [3.8, 4) is 5.75 Å². The highest BCUT2D eigenvalue weighted by Crippen LogP contribution is 2.31. The second-order valence-corrected chi connectivity index (χ2v) is 2.94. The Morgan fingerprint density at radius 1 is 1.67 bits per heavy atom. The topological polar surface area (TPSA) is 38.7 Å². The van der Waals surface area contributed by atoms with Gasteiger partial charge in [-0.25, -0.2) is 9.18 Å². The molecule has 0 bridgehead atoms. The summed E-state index contributed by atoms with van der Waals surface area (Å²) >= 11 is 5.70. The van der Waals surface area contributed by atoms with Crippen molar-refractivity contribution in [1.82, 2.24) is 0 Å². The number of benzene rings is 1. The summed E-state index contributed by atoms with van der Waals surface area (Å²) in [5.74, 6) is -0.457. The maximum atomic E-state index is 13.1. The Balaban J connectivity index is 3.10. The fourth-order valence-electron chi connectivity index (χ4n) is 0.913. The molecule has 3 nitrogen and oxygen atoms in total. The number of aliphatic imine (C=N–C) groups is 1. The second-order valence-electron chi connectivity index (χ2n) is 2.54. The van der Waals surface area contributed by atoms with Crippen LogP contribution in [-0.2, 0) is 4.79 Å². The van der Waals surface area contributed by atoms with Crippen LogP contribution in [0.15, 0.2) is 29.8 Å². The lowest BCUT2D eigenvalue weighted by molar-refractivity contribution is 0.363. The largest absolute Gasteiger partial charge is 0.488 e. The predicted molar refractivity (Wildman–Crippen MR) is 54.9 cm³/mol. The monoisotopic (exact) mass is 227 g/mol. The van der Waals surface area contributed by atoms with Gasteiger partial charge in [0.15, 0.2) is 5.82 Å². The van der Waals surface area contributed by atoms with E-state index in [0.29, 0.717) is 0 Å². The van der Waals surface area contributed by atoms with E-state index in [-0.39, 0.29) is 23.1 Å². The van der Waals surface area contributed by atoms with Crippen LogP contribution in [0, 0.1) is 5.82 Å². The highest BCUT2D eigenvalue weighted by atomic mass is 35.5. The van der Waals surface area contributed by atoms with Gasteiger partial charge >= 0.3 is 0 Å². The molecule has 15 heavy (non-hydrogen) atoms. The minimum Gasteiger partial charge on any atom is -0.488 e. The van der Waals surface area contributed by atoms with Gasteiger partial charge in [-0.05, 0) is 6.07 Å². The normalized spacial score (nSPS) is 9.20. The molecule has 0 aromatic heterocycles. The van der Waals surface area contributed by atoms with E-state index in [1.54, 1.807) is 0 Å². The van der Waals surface area contributed by atoms with E-state index >= 15 is 0 Å². The number of halogens is 2. The highest BCUT2D eigenvalue weighted by molar-refractivity contribution is 6.32. The minimum atomic E-state index is -0.700. The first kappa shape index (κ1) is 11.4. The van der Waals surface area contributed by atoms with Crippen molar-refractivity contribution in [3.63, 3.8) is 0 Å². The molecule has 0 amide bonds. The minimum absolute atomic E-state index is 0.110. The molecule has 0 spiro atoms. The number of carbonyl (C=O) groups excluding carboxylic acids is 1. The Labute approximate surface area is 90.8 Å². The van der Waals surface area contributed by atoms with Crippen LogP contribution in [0.4, 0.5) is 10.1 Å². The maximum Gasteiger partial charge on any atom is 0.240 e. The van der Waals surface area contributed by atoms with Crippen molar-refractivity contribution in [2.75, 3.05) is 6.61 Å². The van der Waals surface area contributed by atoms with Gasteiger partial charge in [-0.3, -0.25) is 0 Å². The average Bonchev–Trinajstić information content (AvgIpc) is 2.20. The number of rotatable bonds is 4. The first-order chi connectivity index (χ1) is 7.19. The summed E-state index contributed by atoms with van der Waals surface area (Å²) in [7, 11) is 0. The summed E-state index contributed by atoms with van der Waals surface area (Å²) in [4.78, 5) is 13.2. The third-order valence-corrected chi connectivity index (χ3v) is 1.82. The van der Waals surface area contributed by atoms with Gasteiger partial charge in [-0.1, -0.05) is 24.3 Å². The molecule has 1 rings (SSSR count). The van der Waals surface area contributed by atoms with Crippen molar-refractivity contribution < 1.29 is 13.9 Å².